The van der Waals surface area contributed by atoms with Crippen molar-refractivity contribution < 1.29 is 14.6 Å². The van der Waals surface area contributed by atoms with Crippen LogP contribution in [0.1, 0.15) is 10.5 Å². The number of hydrogen-bond donors (Lipinski definition) is 0. The van der Waals surface area contributed by atoms with Crippen molar-refractivity contribution in [1.82, 2.24) is 9.78 Å². The largest absolute Gasteiger partial charge is 0.543 e. The van der Waals surface area contributed by atoms with Crippen molar-refractivity contribution in [2.75, 3.05) is 13.7 Å². The van der Waals surface area contributed by atoms with Crippen LogP contribution in [0.3, 0.4) is 0 Å². The van der Waals surface area contributed by atoms with Gasteiger partial charge in [-0.3, -0.25) is 4.68 Å². The molecule has 66 valence electrons. The van der Waals surface area contributed by atoms with Gasteiger partial charge in [-0.2, -0.15) is 5.10 Å². The Hall–Kier alpha value is -1.36. The minimum atomic E-state index is -1.26. The number of ether oxygens (including phenoxy) is 1. The van der Waals surface area contributed by atoms with E-state index in [0.717, 1.165) is 0 Å². The number of carboxylic acid groups (broad SMARTS) is 1. The zero-order chi connectivity index (χ0) is 8.97. The summed E-state index contributed by atoms with van der Waals surface area (Å²) in [4.78, 5) is 10.3. The van der Waals surface area contributed by atoms with Crippen molar-refractivity contribution in [3.05, 3.63) is 18.0 Å². The average Bonchev–Trinajstić information content (AvgIpc) is 2.48. The highest BCUT2D eigenvalue weighted by molar-refractivity contribution is 5.83. The van der Waals surface area contributed by atoms with Crippen molar-refractivity contribution in [2.24, 2.45) is 0 Å². The SMILES string of the molecule is COCCn1ccc(C(=O)[O-])n1. The van der Waals surface area contributed by atoms with Crippen LogP contribution < -0.4 is 5.11 Å². The molecule has 1 aromatic heterocycles. The van der Waals surface area contributed by atoms with Gasteiger partial charge in [0, 0.05) is 13.3 Å². The second kappa shape index (κ2) is 3.87. The Morgan fingerprint density at radius 3 is 3.08 bits per heavy atom. The Kier molecular flexibility index (Phi) is 2.82. The van der Waals surface area contributed by atoms with Crippen molar-refractivity contribution in [1.29, 1.82) is 0 Å². The fourth-order valence-corrected chi connectivity index (χ4v) is 0.780. The Bertz CT molecular complexity index is 269. The summed E-state index contributed by atoms with van der Waals surface area (Å²) in [6, 6.07) is 1.39. The van der Waals surface area contributed by atoms with Gasteiger partial charge < -0.3 is 14.6 Å². The summed E-state index contributed by atoms with van der Waals surface area (Å²) in [5.74, 6) is -1.26. The molecule has 0 aliphatic carbocycles. The number of rotatable bonds is 4. The molecule has 0 atom stereocenters. The highest BCUT2D eigenvalue weighted by Crippen LogP contribution is 1.93. The topological polar surface area (TPSA) is 67.2 Å². The van der Waals surface area contributed by atoms with E-state index in [1.807, 2.05) is 0 Å². The highest BCUT2D eigenvalue weighted by Gasteiger charge is 1.97. The Morgan fingerprint density at radius 2 is 2.58 bits per heavy atom. The number of carbonyl (C=O) groups is 1. The lowest BCUT2D eigenvalue weighted by atomic mass is 10.5. The molecule has 1 rings (SSSR count). The predicted octanol–water partition coefficient (Wildman–Crippen LogP) is -1.11. The first-order valence-electron chi connectivity index (χ1n) is 3.48. The van der Waals surface area contributed by atoms with Crippen molar-refractivity contribution in [3.63, 3.8) is 0 Å². The van der Waals surface area contributed by atoms with Crippen molar-refractivity contribution >= 4 is 5.97 Å². The monoisotopic (exact) mass is 169 g/mol. The van der Waals surface area contributed by atoms with Crippen molar-refractivity contribution in [3.8, 4) is 0 Å². The molecule has 5 heteroatoms. The molecule has 5 nitrogen and oxygen atoms in total. The van der Waals surface area contributed by atoms with Crippen LogP contribution in [-0.4, -0.2) is 29.5 Å². The highest BCUT2D eigenvalue weighted by atomic mass is 16.5. The second-order valence-corrected chi connectivity index (χ2v) is 2.24. The normalized spacial score (nSPS) is 10.1. The molecule has 0 aromatic carbocycles. The van der Waals surface area contributed by atoms with Crippen LogP contribution in [0.2, 0.25) is 0 Å². The number of aromatic carboxylic acids is 1. The third-order valence-electron chi connectivity index (χ3n) is 1.37. The summed E-state index contributed by atoms with van der Waals surface area (Å²) < 4.78 is 6.29. The van der Waals surface area contributed by atoms with Crippen LogP contribution in [-0.2, 0) is 11.3 Å². The van der Waals surface area contributed by atoms with Gasteiger partial charge in [-0.05, 0) is 6.07 Å². The molecule has 0 unspecified atom stereocenters. The minimum Gasteiger partial charge on any atom is -0.543 e. The molecule has 0 N–H and O–H groups in total. The Labute approximate surface area is 69.6 Å². The molecule has 1 heterocycles. The minimum absolute atomic E-state index is 0.0499. The van der Waals surface area contributed by atoms with Gasteiger partial charge in [0.25, 0.3) is 0 Å². The number of carbonyl (C=O) groups excluding carboxylic acids is 1. The molecular formula is C7H9N2O3-. The van der Waals surface area contributed by atoms with Crippen LogP contribution in [0.25, 0.3) is 0 Å². The lowest BCUT2D eigenvalue weighted by Crippen LogP contribution is -2.23. The summed E-state index contributed by atoms with van der Waals surface area (Å²) in [5, 5.41) is 14.0. The van der Waals surface area contributed by atoms with Gasteiger partial charge in [0.05, 0.1) is 19.1 Å². The summed E-state index contributed by atoms with van der Waals surface area (Å²) in [6.45, 7) is 1.05. The fraction of sp³-hybridized carbons (Fsp3) is 0.429. The fourth-order valence-electron chi connectivity index (χ4n) is 0.780. The summed E-state index contributed by atoms with van der Waals surface area (Å²) in [6.07, 6.45) is 1.57. The van der Waals surface area contributed by atoms with Gasteiger partial charge in [0.15, 0.2) is 0 Å². The van der Waals surface area contributed by atoms with Crippen molar-refractivity contribution in [2.45, 2.75) is 6.54 Å². The summed E-state index contributed by atoms with van der Waals surface area (Å²) >= 11 is 0. The molecule has 0 fully saturated rings. The van der Waals surface area contributed by atoms with Crippen LogP contribution >= 0.6 is 0 Å². The van der Waals surface area contributed by atoms with E-state index in [1.54, 1.807) is 13.3 Å². The van der Waals surface area contributed by atoms with Gasteiger partial charge in [0.1, 0.15) is 5.69 Å². The lowest BCUT2D eigenvalue weighted by molar-refractivity contribution is -0.255. The standard InChI is InChI=1S/C7H10N2O3/c1-12-5-4-9-3-2-6(8-9)7(10)11/h2-3H,4-5H2,1H3,(H,10,11)/p-1. The Morgan fingerprint density at radius 1 is 1.83 bits per heavy atom. The van der Waals surface area contributed by atoms with Gasteiger partial charge in [-0.25, -0.2) is 0 Å². The molecule has 0 aliphatic heterocycles. The number of methoxy groups -OCH3 is 1. The van der Waals surface area contributed by atoms with E-state index in [0.29, 0.717) is 13.2 Å². The number of nitrogens with zero attached hydrogens (tertiary/aromatic N) is 2. The van der Waals surface area contributed by atoms with E-state index in [-0.39, 0.29) is 5.69 Å². The number of hydrogen-bond acceptors (Lipinski definition) is 4. The molecule has 0 bridgehead atoms. The van der Waals surface area contributed by atoms with Gasteiger partial charge in [-0.1, -0.05) is 0 Å². The lowest BCUT2D eigenvalue weighted by Gasteiger charge is -1.99. The predicted molar refractivity (Wildman–Crippen MR) is 38.4 cm³/mol. The maximum Gasteiger partial charge on any atom is 0.108 e. The van der Waals surface area contributed by atoms with Crippen LogP contribution in [0, 0.1) is 0 Å². The maximum atomic E-state index is 10.3. The molecule has 12 heavy (non-hydrogen) atoms. The first-order valence-corrected chi connectivity index (χ1v) is 3.48. The second-order valence-electron chi connectivity index (χ2n) is 2.24. The van der Waals surface area contributed by atoms with Crippen LogP contribution in [0.4, 0.5) is 0 Å². The zero-order valence-electron chi connectivity index (χ0n) is 6.69. The van der Waals surface area contributed by atoms with Gasteiger partial charge >= 0.3 is 0 Å². The van der Waals surface area contributed by atoms with E-state index in [4.69, 9.17) is 4.74 Å². The molecular weight excluding hydrogens is 160 g/mol. The average molecular weight is 169 g/mol. The summed E-state index contributed by atoms with van der Waals surface area (Å²) in [7, 11) is 1.57. The van der Waals surface area contributed by atoms with E-state index in [1.165, 1.54) is 10.7 Å². The van der Waals surface area contributed by atoms with E-state index in [9.17, 15) is 9.90 Å². The quantitative estimate of drug-likeness (QED) is 0.573. The van der Waals surface area contributed by atoms with E-state index >= 15 is 0 Å². The van der Waals surface area contributed by atoms with Gasteiger partial charge in [0.2, 0.25) is 0 Å². The number of aromatic nitrogens is 2. The third kappa shape index (κ3) is 2.06. The zero-order valence-corrected chi connectivity index (χ0v) is 6.69. The molecule has 0 radical (unpaired) electrons. The first-order chi connectivity index (χ1) is 5.74. The molecule has 0 saturated carbocycles. The molecule has 0 amide bonds. The van der Waals surface area contributed by atoms with Crippen LogP contribution in [0.5, 0.6) is 0 Å². The molecule has 1 aromatic rings. The van der Waals surface area contributed by atoms with Crippen LogP contribution in [0.15, 0.2) is 12.3 Å². The molecule has 0 spiro atoms. The van der Waals surface area contributed by atoms with E-state index < -0.39 is 5.97 Å². The first kappa shape index (κ1) is 8.73. The number of carboxylic acids is 1. The van der Waals surface area contributed by atoms with Gasteiger partial charge in [-0.15, -0.1) is 0 Å². The molecule has 0 aliphatic rings. The van der Waals surface area contributed by atoms with E-state index in [2.05, 4.69) is 5.10 Å². The molecule has 0 saturated heterocycles. The Balaban J connectivity index is 2.58. The third-order valence-corrected chi connectivity index (χ3v) is 1.37. The smallest absolute Gasteiger partial charge is 0.108 e. The summed E-state index contributed by atoms with van der Waals surface area (Å²) in [5.41, 5.74) is -0.0499. The maximum absolute atomic E-state index is 10.3.